The number of hydrogen-bond acceptors (Lipinski definition) is 2. The van der Waals surface area contributed by atoms with Crippen LogP contribution < -0.4 is 4.90 Å². The number of para-hydroxylation sites is 1. The van der Waals surface area contributed by atoms with Crippen LogP contribution in [0.3, 0.4) is 0 Å². The second-order valence-electron chi connectivity index (χ2n) is 12.5. The molecule has 0 radical (unpaired) electrons. The highest BCUT2D eigenvalue weighted by atomic mass is 32.1. The molecule has 50 heavy (non-hydrogen) atoms. The number of anilines is 3. The summed E-state index contributed by atoms with van der Waals surface area (Å²) in [5.41, 5.74) is 13.1. The normalized spacial score (nSPS) is 11.2. The Labute approximate surface area is 297 Å². The molecule has 0 saturated heterocycles. The maximum atomic E-state index is 2.39. The van der Waals surface area contributed by atoms with Crippen molar-refractivity contribution in [1.82, 2.24) is 0 Å². The van der Waals surface area contributed by atoms with Gasteiger partial charge in [-0.3, -0.25) is 0 Å². The molecular formula is C48H33NS. The monoisotopic (exact) mass is 655 g/mol. The van der Waals surface area contributed by atoms with Gasteiger partial charge in [0, 0.05) is 42.7 Å². The highest BCUT2D eigenvalue weighted by Crippen LogP contribution is 2.45. The Morgan fingerprint density at radius 2 is 0.800 bits per heavy atom. The fraction of sp³-hybridized carbons (Fsp3) is 0. The summed E-state index contributed by atoms with van der Waals surface area (Å²) in [6.45, 7) is 0. The standard InChI is InChI=1S/C48H33NS/c1-4-14-34(15-5-1)36-24-28-40(29-25-36)49(46-22-12-10-20-42(46)37-18-8-3-9-19-37)41-30-26-38(27-31-41)44-32-39(35-16-6-2-7-17-35)33-45-43-21-11-13-23-47(43)50-48(44)45/h1-33H. The molecule has 0 fully saturated rings. The van der Waals surface area contributed by atoms with Crippen LogP contribution in [0.15, 0.2) is 200 Å². The summed E-state index contributed by atoms with van der Waals surface area (Å²) in [6.07, 6.45) is 0. The minimum atomic E-state index is 1.11. The quantitative estimate of drug-likeness (QED) is 0.165. The molecule has 236 valence electrons. The summed E-state index contributed by atoms with van der Waals surface area (Å²) in [6, 6.07) is 72.2. The summed E-state index contributed by atoms with van der Waals surface area (Å²) in [4.78, 5) is 2.39. The third kappa shape index (κ3) is 5.56. The van der Waals surface area contributed by atoms with Crippen molar-refractivity contribution in [3.8, 4) is 44.5 Å². The van der Waals surface area contributed by atoms with Crippen molar-refractivity contribution >= 4 is 48.6 Å². The minimum Gasteiger partial charge on any atom is -0.310 e. The van der Waals surface area contributed by atoms with Gasteiger partial charge in [0.25, 0.3) is 0 Å². The fourth-order valence-electron chi connectivity index (χ4n) is 7.02. The molecule has 0 amide bonds. The number of rotatable bonds is 7. The maximum absolute atomic E-state index is 2.39. The summed E-state index contributed by atoms with van der Waals surface area (Å²) in [5.74, 6) is 0. The molecular weight excluding hydrogens is 623 g/mol. The van der Waals surface area contributed by atoms with Gasteiger partial charge in [-0.05, 0) is 81.9 Å². The average molecular weight is 656 g/mol. The van der Waals surface area contributed by atoms with E-state index >= 15 is 0 Å². The molecule has 0 N–H and O–H groups in total. The molecule has 0 atom stereocenters. The molecule has 2 heteroatoms. The zero-order valence-corrected chi connectivity index (χ0v) is 28.2. The number of hydrogen-bond donors (Lipinski definition) is 0. The lowest BCUT2D eigenvalue weighted by atomic mass is 9.95. The summed E-state index contributed by atoms with van der Waals surface area (Å²) in [5, 5.41) is 2.62. The first-order valence-electron chi connectivity index (χ1n) is 17.0. The smallest absolute Gasteiger partial charge is 0.0540 e. The van der Waals surface area contributed by atoms with Gasteiger partial charge in [0.2, 0.25) is 0 Å². The number of fused-ring (bicyclic) bond motifs is 3. The van der Waals surface area contributed by atoms with Crippen LogP contribution in [0.5, 0.6) is 0 Å². The van der Waals surface area contributed by atoms with Crippen LogP contribution in [0.4, 0.5) is 17.1 Å². The molecule has 8 aromatic carbocycles. The first-order valence-corrected chi connectivity index (χ1v) is 17.8. The van der Waals surface area contributed by atoms with Gasteiger partial charge < -0.3 is 4.90 Å². The SMILES string of the molecule is c1ccc(-c2ccc(N(c3ccc(-c4cc(-c5ccccc5)cc5c4sc4ccccc45)cc3)c3ccccc3-c3ccccc3)cc2)cc1. The molecule has 9 aromatic rings. The van der Waals surface area contributed by atoms with Crippen LogP contribution in [0.1, 0.15) is 0 Å². The van der Waals surface area contributed by atoms with E-state index in [2.05, 4.69) is 205 Å². The Balaban J connectivity index is 1.19. The van der Waals surface area contributed by atoms with E-state index in [0.29, 0.717) is 0 Å². The van der Waals surface area contributed by atoms with Crippen molar-refractivity contribution in [3.63, 3.8) is 0 Å². The van der Waals surface area contributed by atoms with Gasteiger partial charge in [0.1, 0.15) is 0 Å². The summed E-state index contributed by atoms with van der Waals surface area (Å²) in [7, 11) is 0. The van der Waals surface area contributed by atoms with E-state index in [0.717, 1.165) is 17.1 Å². The number of benzene rings is 8. The Bertz CT molecular complexity index is 2550. The van der Waals surface area contributed by atoms with Gasteiger partial charge in [0.05, 0.1) is 5.69 Å². The van der Waals surface area contributed by atoms with E-state index in [1.54, 1.807) is 0 Å². The third-order valence-corrected chi connectivity index (χ3v) is 10.7. The predicted octanol–water partition coefficient (Wildman–Crippen LogP) is 14.2. The van der Waals surface area contributed by atoms with Gasteiger partial charge in [-0.1, -0.05) is 152 Å². The molecule has 0 bridgehead atoms. The van der Waals surface area contributed by atoms with Crippen LogP contribution >= 0.6 is 11.3 Å². The minimum absolute atomic E-state index is 1.11. The predicted molar refractivity (Wildman–Crippen MR) is 216 cm³/mol. The second-order valence-corrected chi connectivity index (χ2v) is 13.6. The van der Waals surface area contributed by atoms with E-state index in [1.807, 2.05) is 11.3 Å². The first-order chi connectivity index (χ1) is 24.8. The van der Waals surface area contributed by atoms with Gasteiger partial charge in [0.15, 0.2) is 0 Å². The molecule has 0 spiro atoms. The zero-order valence-electron chi connectivity index (χ0n) is 27.4. The molecule has 0 aliphatic rings. The van der Waals surface area contributed by atoms with E-state index in [9.17, 15) is 0 Å². The van der Waals surface area contributed by atoms with E-state index in [4.69, 9.17) is 0 Å². The molecule has 0 saturated carbocycles. The van der Waals surface area contributed by atoms with E-state index < -0.39 is 0 Å². The second kappa shape index (κ2) is 13.0. The number of thiophene rings is 1. The fourth-order valence-corrected chi connectivity index (χ4v) is 8.24. The Morgan fingerprint density at radius 3 is 1.46 bits per heavy atom. The summed E-state index contributed by atoms with van der Waals surface area (Å²) >= 11 is 1.88. The van der Waals surface area contributed by atoms with Crippen molar-refractivity contribution < 1.29 is 0 Å². The average Bonchev–Trinajstić information content (AvgIpc) is 3.58. The van der Waals surface area contributed by atoms with Crippen LogP contribution in [0.2, 0.25) is 0 Å². The Kier molecular flexibility index (Phi) is 7.77. The lowest BCUT2D eigenvalue weighted by Crippen LogP contribution is -2.11. The van der Waals surface area contributed by atoms with Crippen LogP contribution in [-0.4, -0.2) is 0 Å². The van der Waals surface area contributed by atoms with Crippen molar-refractivity contribution in [2.24, 2.45) is 0 Å². The van der Waals surface area contributed by atoms with Gasteiger partial charge in [-0.2, -0.15) is 0 Å². The molecule has 1 nitrogen and oxygen atoms in total. The van der Waals surface area contributed by atoms with Crippen molar-refractivity contribution in [2.45, 2.75) is 0 Å². The topological polar surface area (TPSA) is 3.24 Å². The third-order valence-electron chi connectivity index (χ3n) is 9.48. The zero-order chi connectivity index (χ0) is 33.3. The first kappa shape index (κ1) is 29.9. The van der Waals surface area contributed by atoms with Crippen molar-refractivity contribution in [2.75, 3.05) is 4.90 Å². The lowest BCUT2D eigenvalue weighted by Gasteiger charge is -2.28. The van der Waals surface area contributed by atoms with Gasteiger partial charge >= 0.3 is 0 Å². The molecule has 0 aliphatic heterocycles. The molecule has 1 heterocycles. The molecule has 0 unspecified atom stereocenters. The molecule has 0 aliphatic carbocycles. The number of nitrogens with zero attached hydrogens (tertiary/aromatic N) is 1. The highest BCUT2D eigenvalue weighted by Gasteiger charge is 2.19. The van der Waals surface area contributed by atoms with Crippen LogP contribution in [0, 0.1) is 0 Å². The van der Waals surface area contributed by atoms with Crippen LogP contribution in [-0.2, 0) is 0 Å². The van der Waals surface area contributed by atoms with Gasteiger partial charge in [-0.15, -0.1) is 11.3 Å². The van der Waals surface area contributed by atoms with E-state index in [1.165, 1.54) is 64.7 Å². The summed E-state index contributed by atoms with van der Waals surface area (Å²) < 4.78 is 2.63. The maximum Gasteiger partial charge on any atom is 0.0540 e. The van der Waals surface area contributed by atoms with Crippen LogP contribution in [0.25, 0.3) is 64.7 Å². The highest BCUT2D eigenvalue weighted by molar-refractivity contribution is 7.26. The lowest BCUT2D eigenvalue weighted by molar-refractivity contribution is 1.28. The molecule has 1 aromatic heterocycles. The molecule has 9 rings (SSSR count). The van der Waals surface area contributed by atoms with Crippen molar-refractivity contribution in [3.05, 3.63) is 200 Å². The largest absolute Gasteiger partial charge is 0.310 e. The van der Waals surface area contributed by atoms with E-state index in [-0.39, 0.29) is 0 Å². The Morgan fingerprint density at radius 1 is 0.320 bits per heavy atom. The Hall–Kier alpha value is -6.22. The van der Waals surface area contributed by atoms with Gasteiger partial charge in [-0.25, -0.2) is 0 Å². The van der Waals surface area contributed by atoms with Crippen molar-refractivity contribution in [1.29, 1.82) is 0 Å².